The van der Waals surface area contributed by atoms with Crippen LogP contribution in [0.1, 0.15) is 32.6 Å². The number of allylic oxidation sites excluding steroid dienone is 5. The van der Waals surface area contributed by atoms with Gasteiger partial charge in [-0.25, -0.2) is 0 Å². The maximum Gasteiger partial charge on any atom is 0.0945 e. The van der Waals surface area contributed by atoms with Crippen LogP contribution in [-0.4, -0.2) is 18.0 Å². The molecule has 1 unspecified atom stereocenters. The van der Waals surface area contributed by atoms with Crippen LogP contribution in [0.2, 0.25) is 0 Å². The standard InChI is InChI=1S/C16H23N3/c1-2-6-15(18)19-11-9-16(13-17,10-12-19)14-7-4-3-5-8-14/h3-7,14H,2,8-12,18H2,1H3/b15-6+. The summed E-state index contributed by atoms with van der Waals surface area (Å²) in [5.41, 5.74) is 5.84. The monoisotopic (exact) mass is 257 g/mol. The van der Waals surface area contributed by atoms with Crippen LogP contribution in [0, 0.1) is 22.7 Å². The van der Waals surface area contributed by atoms with Crippen LogP contribution in [0.4, 0.5) is 0 Å². The second-order valence-electron chi connectivity index (χ2n) is 5.45. The highest BCUT2D eigenvalue weighted by Gasteiger charge is 2.40. The Bertz CT molecular complexity index is 431. The third-order valence-corrected chi connectivity index (χ3v) is 4.35. The smallest absolute Gasteiger partial charge is 0.0945 e. The largest absolute Gasteiger partial charge is 0.386 e. The molecule has 1 aliphatic carbocycles. The maximum absolute atomic E-state index is 9.65. The SMILES string of the molecule is CC/C=C(\N)N1CCC(C#N)(C2C=CC=CC2)CC1. The van der Waals surface area contributed by atoms with Crippen LogP contribution in [0.3, 0.4) is 0 Å². The van der Waals surface area contributed by atoms with Crippen molar-refractivity contribution in [2.75, 3.05) is 13.1 Å². The summed E-state index contributed by atoms with van der Waals surface area (Å²) in [6.07, 6.45) is 14.3. The van der Waals surface area contributed by atoms with Gasteiger partial charge in [-0.1, -0.05) is 31.2 Å². The van der Waals surface area contributed by atoms with Gasteiger partial charge >= 0.3 is 0 Å². The Kier molecular flexibility index (Phi) is 4.31. The van der Waals surface area contributed by atoms with Crippen molar-refractivity contribution < 1.29 is 0 Å². The Hall–Kier alpha value is -1.69. The number of hydrogen-bond donors (Lipinski definition) is 1. The fourth-order valence-electron chi connectivity index (χ4n) is 3.06. The zero-order chi connectivity index (χ0) is 13.7. The minimum absolute atomic E-state index is 0.204. The van der Waals surface area contributed by atoms with E-state index < -0.39 is 0 Å². The van der Waals surface area contributed by atoms with Crippen LogP contribution >= 0.6 is 0 Å². The molecule has 1 fully saturated rings. The molecule has 1 atom stereocenters. The molecule has 3 nitrogen and oxygen atoms in total. The van der Waals surface area contributed by atoms with Crippen molar-refractivity contribution in [3.8, 4) is 6.07 Å². The Morgan fingerprint density at radius 3 is 2.74 bits per heavy atom. The average Bonchev–Trinajstić information content (AvgIpc) is 2.48. The molecule has 3 heteroatoms. The number of rotatable bonds is 3. The molecule has 0 amide bonds. The first-order chi connectivity index (χ1) is 9.22. The molecule has 1 aliphatic heterocycles. The summed E-state index contributed by atoms with van der Waals surface area (Å²) in [4.78, 5) is 2.21. The fourth-order valence-corrected chi connectivity index (χ4v) is 3.06. The lowest BCUT2D eigenvalue weighted by Gasteiger charge is -2.42. The zero-order valence-electron chi connectivity index (χ0n) is 11.7. The predicted octanol–water partition coefficient (Wildman–Crippen LogP) is 2.93. The van der Waals surface area contributed by atoms with Crippen molar-refractivity contribution in [2.24, 2.45) is 17.1 Å². The Labute approximate surface area is 116 Å². The van der Waals surface area contributed by atoms with E-state index in [-0.39, 0.29) is 5.41 Å². The van der Waals surface area contributed by atoms with Crippen molar-refractivity contribution in [3.63, 3.8) is 0 Å². The normalized spacial score (nSPS) is 26.2. The molecule has 2 rings (SSSR count). The lowest BCUT2D eigenvalue weighted by molar-refractivity contribution is 0.135. The topological polar surface area (TPSA) is 53.0 Å². The molecular weight excluding hydrogens is 234 g/mol. The van der Waals surface area contributed by atoms with Crippen molar-refractivity contribution in [3.05, 3.63) is 36.2 Å². The summed E-state index contributed by atoms with van der Waals surface area (Å²) >= 11 is 0. The number of nitriles is 1. The van der Waals surface area contributed by atoms with Gasteiger partial charge in [0.2, 0.25) is 0 Å². The first-order valence-electron chi connectivity index (χ1n) is 7.17. The molecule has 1 saturated heterocycles. The van der Waals surface area contributed by atoms with Crippen LogP contribution in [-0.2, 0) is 0 Å². The molecule has 0 saturated carbocycles. The van der Waals surface area contributed by atoms with Gasteiger partial charge in [0.25, 0.3) is 0 Å². The molecule has 102 valence electrons. The first kappa shape index (κ1) is 13.7. The molecular formula is C16H23N3. The number of hydrogen-bond acceptors (Lipinski definition) is 3. The molecule has 2 aliphatic rings. The highest BCUT2D eigenvalue weighted by molar-refractivity contribution is 5.19. The average molecular weight is 257 g/mol. The van der Waals surface area contributed by atoms with E-state index in [0.29, 0.717) is 5.92 Å². The molecule has 0 aromatic heterocycles. The predicted molar refractivity (Wildman–Crippen MR) is 77.8 cm³/mol. The number of nitrogens with zero attached hydrogens (tertiary/aromatic N) is 2. The summed E-state index contributed by atoms with van der Waals surface area (Å²) in [5.74, 6) is 1.23. The number of piperidine rings is 1. The lowest BCUT2D eigenvalue weighted by Crippen LogP contribution is -2.43. The van der Waals surface area contributed by atoms with Gasteiger partial charge in [-0.2, -0.15) is 5.26 Å². The molecule has 0 aromatic carbocycles. The summed E-state index contributed by atoms with van der Waals surface area (Å²) in [5, 5.41) is 9.65. The Morgan fingerprint density at radius 1 is 1.47 bits per heavy atom. The Morgan fingerprint density at radius 2 is 2.21 bits per heavy atom. The molecule has 1 heterocycles. The van der Waals surface area contributed by atoms with E-state index >= 15 is 0 Å². The van der Waals surface area contributed by atoms with Gasteiger partial charge < -0.3 is 10.6 Å². The lowest BCUT2D eigenvalue weighted by atomic mass is 9.67. The summed E-state index contributed by atoms with van der Waals surface area (Å²) in [6, 6.07) is 2.61. The van der Waals surface area contributed by atoms with Crippen molar-refractivity contribution in [2.45, 2.75) is 32.6 Å². The molecule has 19 heavy (non-hydrogen) atoms. The van der Waals surface area contributed by atoms with Gasteiger partial charge in [0.1, 0.15) is 0 Å². The minimum atomic E-state index is -0.204. The van der Waals surface area contributed by atoms with Gasteiger partial charge in [-0.15, -0.1) is 0 Å². The van der Waals surface area contributed by atoms with Gasteiger partial charge in [0, 0.05) is 13.1 Å². The first-order valence-corrected chi connectivity index (χ1v) is 7.17. The van der Waals surface area contributed by atoms with Crippen molar-refractivity contribution in [1.82, 2.24) is 4.90 Å². The van der Waals surface area contributed by atoms with E-state index in [1.54, 1.807) is 0 Å². The zero-order valence-corrected chi connectivity index (χ0v) is 11.7. The molecule has 0 aromatic rings. The van der Waals surface area contributed by atoms with E-state index in [4.69, 9.17) is 5.73 Å². The van der Waals surface area contributed by atoms with Gasteiger partial charge in [-0.05, 0) is 37.7 Å². The molecule has 2 N–H and O–H groups in total. The van der Waals surface area contributed by atoms with E-state index in [9.17, 15) is 5.26 Å². The van der Waals surface area contributed by atoms with Crippen molar-refractivity contribution in [1.29, 1.82) is 5.26 Å². The van der Waals surface area contributed by atoms with E-state index in [1.807, 2.05) is 0 Å². The Balaban J connectivity index is 2.04. The summed E-state index contributed by atoms with van der Waals surface area (Å²) in [6.45, 7) is 3.88. The molecule has 0 bridgehead atoms. The number of likely N-dealkylation sites (tertiary alicyclic amines) is 1. The second-order valence-corrected chi connectivity index (χ2v) is 5.45. The van der Waals surface area contributed by atoms with Crippen LogP contribution < -0.4 is 5.73 Å². The second kappa shape index (κ2) is 5.97. The third kappa shape index (κ3) is 2.84. The van der Waals surface area contributed by atoms with E-state index in [1.165, 1.54) is 0 Å². The van der Waals surface area contributed by atoms with Crippen molar-refractivity contribution >= 4 is 0 Å². The van der Waals surface area contributed by atoms with Crippen LogP contribution in [0.25, 0.3) is 0 Å². The molecule has 0 spiro atoms. The highest BCUT2D eigenvalue weighted by atomic mass is 15.2. The van der Waals surface area contributed by atoms with Crippen LogP contribution in [0.5, 0.6) is 0 Å². The number of nitrogens with two attached hydrogens (primary N) is 1. The maximum atomic E-state index is 9.65. The third-order valence-electron chi connectivity index (χ3n) is 4.35. The quantitative estimate of drug-likeness (QED) is 0.845. The van der Waals surface area contributed by atoms with Crippen LogP contribution in [0.15, 0.2) is 36.2 Å². The molecule has 0 radical (unpaired) electrons. The van der Waals surface area contributed by atoms with E-state index in [2.05, 4.69) is 48.3 Å². The minimum Gasteiger partial charge on any atom is -0.386 e. The fraction of sp³-hybridized carbons (Fsp3) is 0.562. The van der Waals surface area contributed by atoms with E-state index in [0.717, 1.165) is 44.6 Å². The highest BCUT2D eigenvalue weighted by Crippen LogP contribution is 2.42. The summed E-state index contributed by atoms with van der Waals surface area (Å²) in [7, 11) is 0. The summed E-state index contributed by atoms with van der Waals surface area (Å²) < 4.78 is 0. The van der Waals surface area contributed by atoms with Gasteiger partial charge in [0.05, 0.1) is 17.3 Å². The van der Waals surface area contributed by atoms with Gasteiger partial charge in [-0.3, -0.25) is 0 Å². The van der Waals surface area contributed by atoms with Gasteiger partial charge in [0.15, 0.2) is 0 Å².